The summed E-state index contributed by atoms with van der Waals surface area (Å²) < 4.78 is 10.1. The van der Waals surface area contributed by atoms with Crippen molar-refractivity contribution in [3.63, 3.8) is 0 Å². The predicted octanol–water partition coefficient (Wildman–Crippen LogP) is 2.40. The molecule has 0 heterocycles. The van der Waals surface area contributed by atoms with Gasteiger partial charge in [-0.25, -0.2) is 4.79 Å². The molecule has 1 rings (SSSR count). The minimum absolute atomic E-state index is 0.326. The average molecular weight is 231 g/mol. The Hall–Kier alpha value is -2.28. The maximum Gasteiger partial charge on any atom is 0.334 e. The predicted molar refractivity (Wildman–Crippen MR) is 62.2 cm³/mol. The lowest BCUT2D eigenvalue weighted by atomic mass is 10.2. The summed E-state index contributed by atoms with van der Waals surface area (Å²) in [6, 6.07) is 8.71. The molecule has 88 valence electrons. The Morgan fingerprint density at radius 3 is 2.94 bits per heavy atom. The van der Waals surface area contributed by atoms with Crippen LogP contribution in [0.2, 0.25) is 0 Å². The fourth-order valence-electron chi connectivity index (χ4n) is 1.19. The number of esters is 1. The molecule has 0 bridgehead atoms. The molecular weight excluding hydrogens is 218 g/mol. The Bertz CT molecular complexity index is 472. The van der Waals surface area contributed by atoms with E-state index in [2.05, 4.69) is 0 Å². The van der Waals surface area contributed by atoms with Gasteiger partial charge >= 0.3 is 5.97 Å². The highest BCUT2D eigenvalue weighted by Crippen LogP contribution is 2.15. The summed E-state index contributed by atoms with van der Waals surface area (Å²) in [4.78, 5) is 11.1. The molecule has 0 aliphatic rings. The Kier molecular flexibility index (Phi) is 4.77. The van der Waals surface area contributed by atoms with Gasteiger partial charge in [-0.05, 0) is 32.0 Å². The Morgan fingerprint density at radius 1 is 1.53 bits per heavy atom. The van der Waals surface area contributed by atoms with Crippen LogP contribution in [0, 0.1) is 11.3 Å². The van der Waals surface area contributed by atoms with Gasteiger partial charge in [0, 0.05) is 0 Å². The topological polar surface area (TPSA) is 59.3 Å². The molecule has 0 saturated heterocycles. The van der Waals surface area contributed by atoms with E-state index in [-0.39, 0.29) is 0 Å². The summed E-state index contributed by atoms with van der Waals surface area (Å²) in [6.07, 6.45) is 1.27. The lowest BCUT2D eigenvalue weighted by molar-refractivity contribution is -0.137. The highest BCUT2D eigenvalue weighted by atomic mass is 16.5. The van der Waals surface area contributed by atoms with Crippen molar-refractivity contribution < 1.29 is 14.3 Å². The molecule has 0 radical (unpaired) electrons. The Balaban J connectivity index is 2.71. The molecule has 4 nitrogen and oxygen atoms in total. The number of allylic oxidation sites excluding steroid dienone is 1. The molecular formula is C13H13NO3. The normalized spacial score (nSPS) is 10.5. The lowest BCUT2D eigenvalue weighted by Gasteiger charge is -2.05. The first-order valence-corrected chi connectivity index (χ1v) is 5.18. The molecule has 0 fully saturated rings. The van der Waals surface area contributed by atoms with Gasteiger partial charge in [0.25, 0.3) is 0 Å². The van der Waals surface area contributed by atoms with Crippen LogP contribution in [0.1, 0.15) is 19.4 Å². The minimum Gasteiger partial charge on any atom is -0.463 e. The first kappa shape index (κ1) is 12.8. The highest BCUT2D eigenvalue weighted by Gasteiger charge is 2.01. The molecule has 0 aliphatic heterocycles. The van der Waals surface area contributed by atoms with E-state index in [9.17, 15) is 4.79 Å². The lowest BCUT2D eigenvalue weighted by Crippen LogP contribution is -2.02. The van der Waals surface area contributed by atoms with Crippen molar-refractivity contribution in [1.82, 2.24) is 0 Å². The van der Waals surface area contributed by atoms with E-state index in [0.29, 0.717) is 23.7 Å². The number of carbonyl (C=O) groups is 1. The highest BCUT2D eigenvalue weighted by molar-refractivity contribution is 5.82. The monoisotopic (exact) mass is 231 g/mol. The van der Waals surface area contributed by atoms with Gasteiger partial charge in [-0.2, -0.15) is 5.26 Å². The van der Waals surface area contributed by atoms with E-state index in [1.54, 1.807) is 38.1 Å². The third-order valence-electron chi connectivity index (χ3n) is 1.85. The van der Waals surface area contributed by atoms with E-state index in [1.807, 2.05) is 6.07 Å². The third-order valence-corrected chi connectivity index (χ3v) is 1.85. The molecule has 0 aromatic heterocycles. The summed E-state index contributed by atoms with van der Waals surface area (Å²) >= 11 is 0. The van der Waals surface area contributed by atoms with Crippen molar-refractivity contribution in [3.05, 3.63) is 41.7 Å². The molecule has 4 heteroatoms. The zero-order chi connectivity index (χ0) is 12.7. The van der Waals surface area contributed by atoms with Crippen LogP contribution in [0.4, 0.5) is 0 Å². The van der Waals surface area contributed by atoms with Crippen LogP contribution < -0.4 is 4.74 Å². The number of nitriles is 1. The van der Waals surface area contributed by atoms with E-state index in [1.165, 1.54) is 6.08 Å². The minimum atomic E-state index is -0.443. The van der Waals surface area contributed by atoms with Crippen LogP contribution in [-0.2, 0) is 9.53 Å². The number of nitrogens with zero attached hydrogens (tertiary/aromatic N) is 1. The number of carbonyl (C=O) groups excluding carboxylic acids is 1. The summed E-state index contributed by atoms with van der Waals surface area (Å²) in [7, 11) is 0. The second kappa shape index (κ2) is 6.33. The zero-order valence-electron chi connectivity index (χ0n) is 9.77. The van der Waals surface area contributed by atoms with Crippen molar-refractivity contribution in [2.75, 3.05) is 6.61 Å². The molecule has 0 saturated carbocycles. The number of benzene rings is 1. The molecule has 0 aliphatic carbocycles. The van der Waals surface area contributed by atoms with Gasteiger partial charge in [-0.15, -0.1) is 0 Å². The smallest absolute Gasteiger partial charge is 0.334 e. The molecule has 1 aromatic rings. The van der Waals surface area contributed by atoms with Gasteiger partial charge in [0.05, 0.1) is 24.3 Å². The van der Waals surface area contributed by atoms with E-state index in [0.717, 1.165) is 0 Å². The van der Waals surface area contributed by atoms with E-state index in [4.69, 9.17) is 14.7 Å². The van der Waals surface area contributed by atoms with Gasteiger partial charge in [0.15, 0.2) is 0 Å². The van der Waals surface area contributed by atoms with Crippen molar-refractivity contribution >= 4 is 5.97 Å². The fraction of sp³-hybridized carbons (Fsp3) is 0.231. The number of ether oxygens (including phenoxy) is 2. The quantitative estimate of drug-likeness (QED) is 0.453. The summed E-state index contributed by atoms with van der Waals surface area (Å²) in [6.45, 7) is 3.71. The summed E-state index contributed by atoms with van der Waals surface area (Å²) in [5.74, 6) is 0.488. The van der Waals surface area contributed by atoms with Gasteiger partial charge in [-0.3, -0.25) is 0 Å². The first-order chi connectivity index (χ1) is 8.15. The third kappa shape index (κ3) is 4.39. The molecule has 0 spiro atoms. The number of hydrogen-bond acceptors (Lipinski definition) is 4. The van der Waals surface area contributed by atoms with Crippen LogP contribution in [0.3, 0.4) is 0 Å². The second-order valence-electron chi connectivity index (χ2n) is 3.25. The summed E-state index contributed by atoms with van der Waals surface area (Å²) in [5.41, 5.74) is 0.506. The van der Waals surface area contributed by atoms with Crippen LogP contribution in [0.15, 0.2) is 36.1 Å². The van der Waals surface area contributed by atoms with Crippen molar-refractivity contribution in [2.24, 2.45) is 0 Å². The molecule has 17 heavy (non-hydrogen) atoms. The Labute approximate surface area is 100 Å². The van der Waals surface area contributed by atoms with Gasteiger partial charge in [-0.1, -0.05) is 6.07 Å². The van der Waals surface area contributed by atoms with Crippen molar-refractivity contribution in [2.45, 2.75) is 13.8 Å². The number of hydrogen-bond donors (Lipinski definition) is 0. The van der Waals surface area contributed by atoms with Gasteiger partial charge < -0.3 is 9.47 Å². The fourth-order valence-corrected chi connectivity index (χ4v) is 1.19. The average Bonchev–Trinajstić information content (AvgIpc) is 2.29. The zero-order valence-corrected chi connectivity index (χ0v) is 9.77. The maximum atomic E-state index is 11.1. The van der Waals surface area contributed by atoms with Gasteiger partial charge in [0.2, 0.25) is 0 Å². The molecule has 0 amide bonds. The van der Waals surface area contributed by atoms with E-state index < -0.39 is 5.97 Å². The first-order valence-electron chi connectivity index (χ1n) is 5.18. The molecule has 0 N–H and O–H groups in total. The van der Waals surface area contributed by atoms with Crippen LogP contribution in [-0.4, -0.2) is 12.6 Å². The molecule has 0 unspecified atom stereocenters. The standard InChI is InChI=1S/C13H13NO3/c1-3-16-13(15)7-10(2)17-12-6-4-5-11(8-12)9-14/h4-8H,3H2,1-2H3. The second-order valence-corrected chi connectivity index (χ2v) is 3.25. The molecule has 1 aromatic carbocycles. The van der Waals surface area contributed by atoms with Crippen LogP contribution in [0.25, 0.3) is 0 Å². The maximum absolute atomic E-state index is 11.1. The number of rotatable bonds is 4. The van der Waals surface area contributed by atoms with Crippen LogP contribution in [0.5, 0.6) is 5.75 Å². The Morgan fingerprint density at radius 2 is 2.29 bits per heavy atom. The van der Waals surface area contributed by atoms with Crippen molar-refractivity contribution in [1.29, 1.82) is 5.26 Å². The molecule has 0 atom stereocenters. The van der Waals surface area contributed by atoms with Crippen molar-refractivity contribution in [3.8, 4) is 11.8 Å². The SMILES string of the molecule is CCOC(=O)C=C(C)Oc1cccc(C#N)c1. The summed E-state index contributed by atoms with van der Waals surface area (Å²) in [5, 5.41) is 8.72. The van der Waals surface area contributed by atoms with E-state index >= 15 is 0 Å². The largest absolute Gasteiger partial charge is 0.463 e. The van der Waals surface area contributed by atoms with Crippen LogP contribution >= 0.6 is 0 Å². The van der Waals surface area contributed by atoms with Gasteiger partial charge in [0.1, 0.15) is 11.5 Å².